The molecule has 4 N–H and O–H groups in total. The van der Waals surface area contributed by atoms with Crippen molar-refractivity contribution in [3.63, 3.8) is 0 Å². The normalized spacial score (nSPS) is 18.6. The van der Waals surface area contributed by atoms with Crippen LogP contribution >= 0.6 is 0 Å². The summed E-state index contributed by atoms with van der Waals surface area (Å²) in [5.74, 6) is -0.376. The van der Waals surface area contributed by atoms with E-state index < -0.39 is 6.09 Å². The van der Waals surface area contributed by atoms with Gasteiger partial charge in [0.1, 0.15) is 0 Å². The van der Waals surface area contributed by atoms with Gasteiger partial charge in [0.15, 0.2) is 5.69 Å². The maximum Gasteiger partial charge on any atom is 0.407 e. The molecule has 0 spiro atoms. The summed E-state index contributed by atoms with van der Waals surface area (Å²) in [6.07, 6.45) is 3.14. The fraction of sp³-hybridized carbons (Fsp3) is 0.462. The molecule has 1 fully saturated rings. The van der Waals surface area contributed by atoms with Crippen molar-refractivity contribution >= 4 is 17.7 Å². The molecule has 7 heteroatoms. The van der Waals surface area contributed by atoms with Crippen molar-refractivity contribution in [1.82, 2.24) is 15.2 Å². The first kappa shape index (κ1) is 14.1. The van der Waals surface area contributed by atoms with E-state index >= 15 is 0 Å². The van der Waals surface area contributed by atoms with Gasteiger partial charge in [-0.25, -0.2) is 9.78 Å². The second kappa shape index (κ2) is 6.23. The van der Waals surface area contributed by atoms with Crippen molar-refractivity contribution in [3.8, 4) is 0 Å². The molecule has 1 unspecified atom stereocenters. The molecule has 1 saturated heterocycles. The summed E-state index contributed by atoms with van der Waals surface area (Å²) < 4.78 is 0. The number of hydrogen-bond donors (Lipinski definition) is 3. The summed E-state index contributed by atoms with van der Waals surface area (Å²) in [5, 5.41) is 11.8. The number of likely N-dealkylation sites (tertiary alicyclic amines) is 1. The first-order valence-corrected chi connectivity index (χ1v) is 6.58. The molecule has 1 aromatic rings. The predicted molar refractivity (Wildman–Crippen MR) is 73.4 cm³/mol. The number of amides is 2. The third-order valence-electron chi connectivity index (χ3n) is 3.43. The number of carbonyl (C=O) groups is 2. The Morgan fingerprint density at radius 1 is 1.50 bits per heavy atom. The van der Waals surface area contributed by atoms with Crippen molar-refractivity contribution in [3.05, 3.63) is 24.0 Å². The Morgan fingerprint density at radius 3 is 3.00 bits per heavy atom. The van der Waals surface area contributed by atoms with Crippen molar-refractivity contribution in [1.29, 1.82) is 0 Å². The van der Waals surface area contributed by atoms with E-state index in [4.69, 9.17) is 10.8 Å². The van der Waals surface area contributed by atoms with E-state index in [0.29, 0.717) is 12.2 Å². The molecule has 2 amide bonds. The Balaban J connectivity index is 1.95. The summed E-state index contributed by atoms with van der Waals surface area (Å²) >= 11 is 0. The number of carbonyl (C=O) groups excluding carboxylic acids is 1. The molecule has 2 heterocycles. The first-order valence-electron chi connectivity index (χ1n) is 6.58. The molecule has 1 atom stereocenters. The van der Waals surface area contributed by atoms with Crippen LogP contribution in [0.2, 0.25) is 0 Å². The lowest BCUT2D eigenvalue weighted by Crippen LogP contribution is -2.49. The number of anilines is 1. The van der Waals surface area contributed by atoms with Gasteiger partial charge in [-0.1, -0.05) is 0 Å². The van der Waals surface area contributed by atoms with Crippen LogP contribution in [-0.4, -0.2) is 46.1 Å². The van der Waals surface area contributed by atoms with E-state index in [1.54, 1.807) is 12.1 Å². The minimum absolute atomic E-state index is 0.171. The third-order valence-corrected chi connectivity index (χ3v) is 3.43. The molecule has 1 aromatic heterocycles. The summed E-state index contributed by atoms with van der Waals surface area (Å²) in [7, 11) is 0. The zero-order chi connectivity index (χ0) is 14.5. The van der Waals surface area contributed by atoms with Gasteiger partial charge in [0.2, 0.25) is 0 Å². The van der Waals surface area contributed by atoms with Gasteiger partial charge in [0, 0.05) is 19.3 Å². The topological polar surface area (TPSA) is 109 Å². The molecule has 7 nitrogen and oxygen atoms in total. The Labute approximate surface area is 116 Å². The molecule has 1 aliphatic heterocycles. The first-order chi connectivity index (χ1) is 9.59. The maximum absolute atomic E-state index is 12.0. The highest BCUT2D eigenvalue weighted by Gasteiger charge is 2.26. The Hall–Kier alpha value is -2.31. The van der Waals surface area contributed by atoms with Gasteiger partial charge >= 0.3 is 6.09 Å². The molecular weight excluding hydrogens is 260 g/mol. The summed E-state index contributed by atoms with van der Waals surface area (Å²) in [6.45, 7) is 0.794. The number of nitrogens with one attached hydrogen (secondary N) is 1. The Bertz CT molecular complexity index is 506. The van der Waals surface area contributed by atoms with E-state index in [1.165, 1.54) is 11.1 Å². The minimum atomic E-state index is -0.943. The fourth-order valence-corrected chi connectivity index (χ4v) is 2.37. The monoisotopic (exact) mass is 278 g/mol. The number of aromatic nitrogens is 1. The van der Waals surface area contributed by atoms with Crippen molar-refractivity contribution in [2.24, 2.45) is 0 Å². The smallest absolute Gasteiger partial charge is 0.407 e. The zero-order valence-corrected chi connectivity index (χ0v) is 11.1. The lowest BCUT2D eigenvalue weighted by Gasteiger charge is -2.33. The van der Waals surface area contributed by atoms with Crippen LogP contribution in [0.3, 0.4) is 0 Å². The fourth-order valence-electron chi connectivity index (χ4n) is 2.37. The van der Waals surface area contributed by atoms with Gasteiger partial charge in [-0.3, -0.25) is 4.79 Å². The van der Waals surface area contributed by atoms with Crippen LogP contribution in [0, 0.1) is 0 Å². The SMILES string of the molecule is Nc1cccnc1C(=O)NCC1CCCCN1C(=O)O. The average Bonchev–Trinajstić information content (AvgIpc) is 2.45. The van der Waals surface area contributed by atoms with E-state index in [1.807, 2.05) is 0 Å². The van der Waals surface area contributed by atoms with Gasteiger partial charge in [0.25, 0.3) is 5.91 Å². The molecular formula is C13H18N4O3. The number of piperidine rings is 1. The Kier molecular flexibility index (Phi) is 4.39. The Morgan fingerprint density at radius 2 is 2.30 bits per heavy atom. The van der Waals surface area contributed by atoms with Crippen LogP contribution < -0.4 is 11.1 Å². The molecule has 108 valence electrons. The van der Waals surface area contributed by atoms with Crippen LogP contribution in [0.4, 0.5) is 10.5 Å². The number of nitrogen functional groups attached to an aromatic ring is 1. The summed E-state index contributed by atoms with van der Waals surface area (Å²) in [6, 6.07) is 3.07. The molecule has 2 rings (SSSR count). The average molecular weight is 278 g/mol. The number of rotatable bonds is 3. The van der Waals surface area contributed by atoms with Crippen LogP contribution in [-0.2, 0) is 0 Å². The van der Waals surface area contributed by atoms with Gasteiger partial charge in [0.05, 0.1) is 11.7 Å². The van der Waals surface area contributed by atoms with Crippen molar-refractivity contribution in [2.45, 2.75) is 25.3 Å². The number of pyridine rings is 1. The van der Waals surface area contributed by atoms with Gasteiger partial charge < -0.3 is 21.1 Å². The van der Waals surface area contributed by atoms with E-state index in [9.17, 15) is 9.59 Å². The van der Waals surface area contributed by atoms with Gasteiger partial charge in [-0.15, -0.1) is 0 Å². The lowest BCUT2D eigenvalue weighted by molar-refractivity contribution is 0.0879. The van der Waals surface area contributed by atoms with Gasteiger partial charge in [-0.2, -0.15) is 0 Å². The van der Waals surface area contributed by atoms with Crippen LogP contribution in [0.5, 0.6) is 0 Å². The molecule has 1 aliphatic rings. The number of hydrogen-bond acceptors (Lipinski definition) is 4. The second-order valence-electron chi connectivity index (χ2n) is 4.78. The molecule has 0 aromatic carbocycles. The quantitative estimate of drug-likeness (QED) is 0.762. The van der Waals surface area contributed by atoms with E-state index in [-0.39, 0.29) is 24.2 Å². The minimum Gasteiger partial charge on any atom is -0.465 e. The highest BCUT2D eigenvalue weighted by atomic mass is 16.4. The lowest BCUT2D eigenvalue weighted by atomic mass is 10.0. The number of nitrogens with two attached hydrogens (primary N) is 1. The molecule has 20 heavy (non-hydrogen) atoms. The largest absolute Gasteiger partial charge is 0.465 e. The van der Waals surface area contributed by atoms with Crippen LogP contribution in [0.1, 0.15) is 29.8 Å². The molecule has 0 bridgehead atoms. The van der Waals surface area contributed by atoms with Crippen molar-refractivity contribution < 1.29 is 14.7 Å². The molecule has 0 radical (unpaired) electrons. The van der Waals surface area contributed by atoms with E-state index in [2.05, 4.69) is 10.3 Å². The standard InChI is InChI=1S/C13H18N4O3/c14-10-5-3-6-15-11(10)12(18)16-8-9-4-1-2-7-17(9)13(19)20/h3,5-6,9H,1-2,4,7-8,14H2,(H,16,18)(H,19,20). The summed E-state index contributed by atoms with van der Waals surface area (Å²) in [5.41, 5.74) is 6.16. The highest BCUT2D eigenvalue weighted by molar-refractivity contribution is 5.97. The second-order valence-corrected chi connectivity index (χ2v) is 4.78. The predicted octanol–water partition coefficient (Wildman–Crippen LogP) is 0.926. The summed E-state index contributed by atoms with van der Waals surface area (Å²) in [4.78, 5) is 28.4. The highest BCUT2D eigenvalue weighted by Crippen LogP contribution is 2.16. The zero-order valence-electron chi connectivity index (χ0n) is 11.1. The number of nitrogens with zero attached hydrogens (tertiary/aromatic N) is 2. The maximum atomic E-state index is 12.0. The van der Waals surface area contributed by atoms with Gasteiger partial charge in [-0.05, 0) is 31.4 Å². The van der Waals surface area contributed by atoms with Crippen molar-refractivity contribution in [2.75, 3.05) is 18.8 Å². The number of carboxylic acid groups (broad SMARTS) is 1. The third kappa shape index (κ3) is 3.17. The van der Waals surface area contributed by atoms with Crippen LogP contribution in [0.25, 0.3) is 0 Å². The molecule has 0 saturated carbocycles. The van der Waals surface area contributed by atoms with E-state index in [0.717, 1.165) is 19.3 Å². The molecule has 0 aliphatic carbocycles. The van der Waals surface area contributed by atoms with Crippen LogP contribution in [0.15, 0.2) is 18.3 Å².